The first kappa shape index (κ1) is 7.54. The number of aliphatic hydroxyl groups excluding tert-OH is 2. The second-order valence-corrected chi connectivity index (χ2v) is 4.06. The number of benzene rings is 1. The molecule has 1 saturated carbocycles. The normalized spacial score (nSPS) is 40.8. The van der Waals surface area contributed by atoms with Crippen molar-refractivity contribution in [2.75, 3.05) is 0 Å². The zero-order valence-corrected chi connectivity index (χ0v) is 7.22. The van der Waals surface area contributed by atoms with Crippen LogP contribution in [0.1, 0.15) is 29.4 Å². The molecule has 0 radical (unpaired) electrons. The Hall–Kier alpha value is -0.860. The summed E-state index contributed by atoms with van der Waals surface area (Å²) in [6.07, 6.45) is -0.165. The highest BCUT2D eigenvalue weighted by molar-refractivity contribution is 5.43. The number of fused-ring (bicyclic) bond motifs is 5. The minimum atomic E-state index is -0.542. The molecule has 13 heavy (non-hydrogen) atoms. The molecule has 0 saturated heterocycles. The van der Waals surface area contributed by atoms with Crippen molar-refractivity contribution in [2.45, 2.75) is 30.5 Å². The molecular formula is C11H12O2. The molecule has 2 nitrogen and oxygen atoms in total. The van der Waals surface area contributed by atoms with E-state index in [9.17, 15) is 10.2 Å². The molecule has 0 aromatic heterocycles. The van der Waals surface area contributed by atoms with Crippen LogP contribution in [0.25, 0.3) is 0 Å². The van der Waals surface area contributed by atoms with Crippen LogP contribution >= 0.6 is 0 Å². The van der Waals surface area contributed by atoms with Crippen LogP contribution in [-0.4, -0.2) is 22.4 Å². The summed E-state index contributed by atoms with van der Waals surface area (Å²) >= 11 is 0. The second kappa shape index (κ2) is 2.34. The fraction of sp³-hybridized carbons (Fsp3) is 0.455. The highest BCUT2D eigenvalue weighted by Crippen LogP contribution is 2.52. The van der Waals surface area contributed by atoms with Gasteiger partial charge in [-0.25, -0.2) is 0 Å². The van der Waals surface area contributed by atoms with Gasteiger partial charge in [0.25, 0.3) is 0 Å². The molecule has 68 valence electrons. The zero-order valence-electron chi connectivity index (χ0n) is 7.22. The Labute approximate surface area is 76.8 Å². The number of hydrogen-bond acceptors (Lipinski definition) is 2. The number of hydrogen-bond donors (Lipinski definition) is 2. The first-order valence-electron chi connectivity index (χ1n) is 4.74. The van der Waals surface area contributed by atoms with Crippen LogP contribution in [0.4, 0.5) is 0 Å². The van der Waals surface area contributed by atoms with Crippen molar-refractivity contribution in [3.05, 3.63) is 35.4 Å². The molecule has 1 aromatic carbocycles. The molecular weight excluding hydrogens is 164 g/mol. The van der Waals surface area contributed by atoms with Crippen LogP contribution in [0, 0.1) is 0 Å². The van der Waals surface area contributed by atoms with Crippen LogP contribution < -0.4 is 0 Å². The summed E-state index contributed by atoms with van der Waals surface area (Å²) in [6, 6.07) is 8.13. The number of rotatable bonds is 0. The fourth-order valence-corrected chi connectivity index (χ4v) is 2.84. The SMILES string of the molecule is O[C@@H]1[C@H](O)[C@H]2C[C@@H]1c1ccccc12. The Bertz CT molecular complexity index is 315. The third-order valence-electron chi connectivity index (χ3n) is 3.48. The van der Waals surface area contributed by atoms with E-state index >= 15 is 0 Å². The summed E-state index contributed by atoms with van der Waals surface area (Å²) in [5, 5.41) is 19.4. The van der Waals surface area contributed by atoms with E-state index in [1.807, 2.05) is 12.1 Å². The topological polar surface area (TPSA) is 40.5 Å². The molecule has 1 aromatic rings. The van der Waals surface area contributed by atoms with Gasteiger partial charge in [0.15, 0.2) is 0 Å². The summed E-state index contributed by atoms with van der Waals surface area (Å²) < 4.78 is 0. The zero-order chi connectivity index (χ0) is 9.00. The van der Waals surface area contributed by atoms with Crippen molar-refractivity contribution in [2.24, 2.45) is 0 Å². The van der Waals surface area contributed by atoms with Crippen LogP contribution in [0.3, 0.4) is 0 Å². The molecule has 0 amide bonds. The Kier molecular flexibility index (Phi) is 1.35. The van der Waals surface area contributed by atoms with Crippen LogP contribution in [-0.2, 0) is 0 Å². The van der Waals surface area contributed by atoms with Gasteiger partial charge in [-0.15, -0.1) is 0 Å². The molecule has 1 fully saturated rings. The molecule has 3 rings (SSSR count). The minimum Gasteiger partial charge on any atom is -0.390 e. The maximum Gasteiger partial charge on any atom is 0.0873 e. The van der Waals surface area contributed by atoms with E-state index in [0.29, 0.717) is 0 Å². The van der Waals surface area contributed by atoms with Gasteiger partial charge in [-0.05, 0) is 17.5 Å². The van der Waals surface area contributed by atoms with Crippen molar-refractivity contribution in [3.63, 3.8) is 0 Å². The van der Waals surface area contributed by atoms with Crippen molar-refractivity contribution in [1.82, 2.24) is 0 Å². The van der Waals surface area contributed by atoms with Gasteiger partial charge in [0, 0.05) is 11.8 Å². The summed E-state index contributed by atoms with van der Waals surface area (Å²) in [5.41, 5.74) is 2.48. The molecule has 2 heteroatoms. The van der Waals surface area contributed by atoms with Gasteiger partial charge in [-0.3, -0.25) is 0 Å². The lowest BCUT2D eigenvalue weighted by Crippen LogP contribution is -2.30. The van der Waals surface area contributed by atoms with Gasteiger partial charge < -0.3 is 10.2 Å². The molecule has 0 unspecified atom stereocenters. The molecule has 2 aliphatic carbocycles. The molecule has 2 aliphatic rings. The molecule has 0 spiro atoms. The lowest BCUT2D eigenvalue weighted by atomic mass is 9.88. The standard InChI is InChI=1S/C11H12O2/c12-10-8-5-9(11(10)13)7-4-2-1-3-6(7)8/h1-4,8-13H,5H2/t8-,9+,10+,11-. The van der Waals surface area contributed by atoms with Crippen LogP contribution in [0.5, 0.6) is 0 Å². The van der Waals surface area contributed by atoms with E-state index in [2.05, 4.69) is 12.1 Å². The Morgan fingerprint density at radius 3 is 1.85 bits per heavy atom. The van der Waals surface area contributed by atoms with Gasteiger partial charge in [-0.2, -0.15) is 0 Å². The lowest BCUT2D eigenvalue weighted by molar-refractivity contribution is 0.0217. The maximum absolute atomic E-state index is 9.68. The third kappa shape index (κ3) is 0.798. The summed E-state index contributed by atoms with van der Waals surface area (Å²) in [6.45, 7) is 0. The second-order valence-electron chi connectivity index (χ2n) is 4.06. The molecule has 0 aliphatic heterocycles. The van der Waals surface area contributed by atoms with Crippen LogP contribution in [0.15, 0.2) is 24.3 Å². The predicted octanol–water partition coefficient (Wildman–Crippen LogP) is 0.993. The van der Waals surface area contributed by atoms with E-state index in [1.165, 1.54) is 11.1 Å². The monoisotopic (exact) mass is 176 g/mol. The average molecular weight is 176 g/mol. The van der Waals surface area contributed by atoms with Gasteiger partial charge in [0.2, 0.25) is 0 Å². The Morgan fingerprint density at radius 2 is 1.38 bits per heavy atom. The Morgan fingerprint density at radius 1 is 0.923 bits per heavy atom. The first-order valence-corrected chi connectivity index (χ1v) is 4.74. The van der Waals surface area contributed by atoms with E-state index < -0.39 is 12.2 Å². The lowest BCUT2D eigenvalue weighted by Gasteiger charge is -2.24. The maximum atomic E-state index is 9.68. The van der Waals surface area contributed by atoms with Gasteiger partial charge in [0.1, 0.15) is 0 Å². The smallest absolute Gasteiger partial charge is 0.0873 e. The third-order valence-corrected chi connectivity index (χ3v) is 3.48. The molecule has 4 atom stereocenters. The van der Waals surface area contributed by atoms with Crippen molar-refractivity contribution in [3.8, 4) is 0 Å². The van der Waals surface area contributed by atoms with E-state index in [4.69, 9.17) is 0 Å². The van der Waals surface area contributed by atoms with Crippen molar-refractivity contribution >= 4 is 0 Å². The molecule has 2 bridgehead atoms. The van der Waals surface area contributed by atoms with E-state index in [-0.39, 0.29) is 11.8 Å². The summed E-state index contributed by atoms with van der Waals surface area (Å²) in [7, 11) is 0. The highest BCUT2D eigenvalue weighted by Gasteiger charge is 2.49. The van der Waals surface area contributed by atoms with Gasteiger partial charge in [-0.1, -0.05) is 24.3 Å². The molecule has 0 heterocycles. The predicted molar refractivity (Wildman–Crippen MR) is 48.6 cm³/mol. The van der Waals surface area contributed by atoms with Crippen molar-refractivity contribution in [1.29, 1.82) is 0 Å². The largest absolute Gasteiger partial charge is 0.390 e. The first-order chi connectivity index (χ1) is 6.29. The van der Waals surface area contributed by atoms with Crippen molar-refractivity contribution < 1.29 is 10.2 Å². The molecule has 2 N–H and O–H groups in total. The highest BCUT2D eigenvalue weighted by atomic mass is 16.3. The average Bonchev–Trinajstić information content (AvgIpc) is 2.66. The summed E-state index contributed by atoms with van der Waals surface area (Å²) in [5.74, 6) is 0.354. The summed E-state index contributed by atoms with van der Waals surface area (Å²) in [4.78, 5) is 0. The van der Waals surface area contributed by atoms with Gasteiger partial charge >= 0.3 is 0 Å². The Balaban J connectivity index is 2.16. The minimum absolute atomic E-state index is 0.177. The number of aliphatic hydroxyl groups is 2. The van der Waals surface area contributed by atoms with Crippen LogP contribution in [0.2, 0.25) is 0 Å². The quantitative estimate of drug-likeness (QED) is 0.619. The van der Waals surface area contributed by atoms with E-state index in [1.54, 1.807) is 0 Å². The van der Waals surface area contributed by atoms with Gasteiger partial charge in [0.05, 0.1) is 12.2 Å². The van der Waals surface area contributed by atoms with E-state index in [0.717, 1.165) is 6.42 Å². The fourth-order valence-electron chi connectivity index (χ4n) is 2.84.